The highest BCUT2D eigenvalue weighted by atomic mass is 16.2. The summed E-state index contributed by atoms with van der Waals surface area (Å²) in [7, 11) is 0. The van der Waals surface area contributed by atoms with Crippen molar-refractivity contribution < 1.29 is 9.59 Å². The van der Waals surface area contributed by atoms with Gasteiger partial charge >= 0.3 is 0 Å². The molecule has 5 rings (SSSR count). The Labute approximate surface area is 178 Å². The van der Waals surface area contributed by atoms with Gasteiger partial charge in [-0.25, -0.2) is 4.98 Å². The Kier molecular flexibility index (Phi) is 4.67. The first-order chi connectivity index (χ1) is 15.1. The molecule has 1 fully saturated rings. The zero-order valence-corrected chi connectivity index (χ0v) is 16.6. The molecule has 4 aromatic rings. The molecule has 0 unspecified atom stereocenters. The lowest BCUT2D eigenvalue weighted by Gasteiger charge is -2.14. The van der Waals surface area contributed by atoms with Crippen LogP contribution < -0.4 is 10.7 Å². The number of amides is 1. The summed E-state index contributed by atoms with van der Waals surface area (Å²) in [5.41, 5.74) is 3.57. The Morgan fingerprint density at radius 2 is 1.84 bits per heavy atom. The molecular formula is C25H19N3O3. The van der Waals surface area contributed by atoms with E-state index in [1.165, 1.54) is 0 Å². The van der Waals surface area contributed by atoms with E-state index in [1.807, 2.05) is 36.4 Å². The Balaban J connectivity index is 1.65. The van der Waals surface area contributed by atoms with E-state index in [1.54, 1.807) is 41.2 Å². The second-order valence-corrected chi connectivity index (χ2v) is 7.65. The summed E-state index contributed by atoms with van der Waals surface area (Å²) in [4.78, 5) is 41.0. The smallest absolute Gasteiger partial charge is 0.257 e. The monoisotopic (exact) mass is 409 g/mol. The fourth-order valence-electron chi connectivity index (χ4n) is 3.60. The standard InChI is InChI=1S/C25H19N3O3/c29-15-16-6-8-17(9-7-16)18-3-1-4-20(13-18)28-14-22(25(31)27-19-10-11-19)23(30)21-5-2-12-26-24(21)28/h1-9,12-15,19H,10-11H2,(H,27,31). The molecule has 0 saturated heterocycles. The molecule has 152 valence electrons. The first-order valence-corrected chi connectivity index (χ1v) is 10.1. The molecule has 6 heteroatoms. The van der Waals surface area contributed by atoms with Gasteiger partial charge in [-0.2, -0.15) is 0 Å². The molecule has 1 amide bonds. The van der Waals surface area contributed by atoms with Crippen molar-refractivity contribution in [3.8, 4) is 16.8 Å². The van der Waals surface area contributed by atoms with Gasteiger partial charge < -0.3 is 9.88 Å². The number of aromatic nitrogens is 2. The van der Waals surface area contributed by atoms with Crippen molar-refractivity contribution in [3.63, 3.8) is 0 Å². The van der Waals surface area contributed by atoms with Crippen molar-refractivity contribution in [3.05, 3.63) is 94.4 Å². The highest BCUT2D eigenvalue weighted by Gasteiger charge is 2.26. The summed E-state index contributed by atoms with van der Waals surface area (Å²) in [5.74, 6) is -0.354. The van der Waals surface area contributed by atoms with Crippen molar-refractivity contribution in [1.82, 2.24) is 14.9 Å². The minimum atomic E-state index is -0.354. The summed E-state index contributed by atoms with van der Waals surface area (Å²) < 4.78 is 1.78. The molecule has 0 bridgehead atoms. The van der Waals surface area contributed by atoms with Gasteiger partial charge in [-0.05, 0) is 48.2 Å². The third-order valence-electron chi connectivity index (χ3n) is 5.42. The molecule has 0 aliphatic heterocycles. The van der Waals surface area contributed by atoms with Gasteiger partial charge in [-0.15, -0.1) is 0 Å². The summed E-state index contributed by atoms with van der Waals surface area (Å²) in [6.07, 6.45) is 5.90. The van der Waals surface area contributed by atoms with Gasteiger partial charge in [-0.1, -0.05) is 36.4 Å². The molecule has 1 N–H and O–H groups in total. The molecule has 0 spiro atoms. The Morgan fingerprint density at radius 1 is 1.03 bits per heavy atom. The highest BCUT2D eigenvalue weighted by molar-refractivity contribution is 5.97. The van der Waals surface area contributed by atoms with Gasteiger partial charge in [-0.3, -0.25) is 14.4 Å². The summed E-state index contributed by atoms with van der Waals surface area (Å²) in [6.45, 7) is 0. The van der Waals surface area contributed by atoms with Crippen LogP contribution >= 0.6 is 0 Å². The van der Waals surface area contributed by atoms with E-state index in [0.717, 1.165) is 35.9 Å². The third kappa shape index (κ3) is 3.64. The lowest BCUT2D eigenvalue weighted by Crippen LogP contribution is -2.31. The van der Waals surface area contributed by atoms with Gasteiger partial charge in [0.15, 0.2) is 0 Å². The van der Waals surface area contributed by atoms with E-state index >= 15 is 0 Å². The van der Waals surface area contributed by atoms with Gasteiger partial charge in [0.05, 0.1) is 5.39 Å². The Morgan fingerprint density at radius 3 is 2.58 bits per heavy atom. The molecule has 2 aromatic carbocycles. The molecule has 1 aliphatic rings. The predicted molar refractivity (Wildman–Crippen MR) is 119 cm³/mol. The minimum Gasteiger partial charge on any atom is -0.349 e. The van der Waals surface area contributed by atoms with Crippen LogP contribution in [0, 0.1) is 0 Å². The van der Waals surface area contributed by atoms with Gasteiger partial charge in [0.1, 0.15) is 17.5 Å². The maximum Gasteiger partial charge on any atom is 0.257 e. The van der Waals surface area contributed by atoms with E-state index in [4.69, 9.17) is 0 Å². The number of hydrogen-bond donors (Lipinski definition) is 1. The Bertz CT molecular complexity index is 1370. The van der Waals surface area contributed by atoms with Crippen molar-refractivity contribution in [2.45, 2.75) is 18.9 Å². The number of fused-ring (bicyclic) bond motifs is 1. The van der Waals surface area contributed by atoms with Crippen molar-refractivity contribution in [1.29, 1.82) is 0 Å². The lowest BCUT2D eigenvalue weighted by molar-refractivity contribution is 0.0949. The zero-order chi connectivity index (χ0) is 21.4. The molecule has 2 heterocycles. The largest absolute Gasteiger partial charge is 0.349 e. The quantitative estimate of drug-likeness (QED) is 0.509. The van der Waals surface area contributed by atoms with E-state index in [9.17, 15) is 14.4 Å². The predicted octanol–water partition coefficient (Wildman–Crippen LogP) is 3.76. The van der Waals surface area contributed by atoms with Crippen LogP contribution in [0.15, 0.2) is 77.9 Å². The normalized spacial score (nSPS) is 13.2. The van der Waals surface area contributed by atoms with Gasteiger partial charge in [0, 0.05) is 29.7 Å². The molecule has 0 atom stereocenters. The summed E-state index contributed by atoms with van der Waals surface area (Å²) in [6, 6.07) is 18.6. The fraction of sp³-hybridized carbons (Fsp3) is 0.120. The second-order valence-electron chi connectivity index (χ2n) is 7.65. The van der Waals surface area contributed by atoms with Crippen molar-refractivity contribution in [2.75, 3.05) is 0 Å². The number of carbonyl (C=O) groups excluding carboxylic acids is 2. The molecule has 1 aliphatic carbocycles. The van der Waals surface area contributed by atoms with Crippen LogP contribution in [0.3, 0.4) is 0 Å². The average molecular weight is 409 g/mol. The van der Waals surface area contributed by atoms with Crippen LogP contribution in [0.25, 0.3) is 27.8 Å². The van der Waals surface area contributed by atoms with Crippen LogP contribution in [0.1, 0.15) is 33.6 Å². The molecule has 6 nitrogen and oxygen atoms in total. The minimum absolute atomic E-state index is 0.105. The fourth-order valence-corrected chi connectivity index (χ4v) is 3.60. The van der Waals surface area contributed by atoms with Crippen LogP contribution in [-0.4, -0.2) is 27.8 Å². The summed E-state index contributed by atoms with van der Waals surface area (Å²) >= 11 is 0. The summed E-state index contributed by atoms with van der Waals surface area (Å²) in [5, 5.41) is 3.30. The van der Waals surface area contributed by atoms with Crippen LogP contribution in [0.4, 0.5) is 0 Å². The topological polar surface area (TPSA) is 81.1 Å². The molecule has 1 saturated carbocycles. The van der Waals surface area contributed by atoms with Crippen LogP contribution in [-0.2, 0) is 0 Å². The number of nitrogens with zero attached hydrogens (tertiary/aromatic N) is 2. The maximum atomic E-state index is 13.0. The number of benzene rings is 2. The number of rotatable bonds is 5. The molecule has 0 radical (unpaired) electrons. The number of hydrogen-bond acceptors (Lipinski definition) is 4. The number of aldehydes is 1. The van der Waals surface area contributed by atoms with Gasteiger partial charge in [0.2, 0.25) is 5.43 Å². The SMILES string of the molecule is O=Cc1ccc(-c2cccc(-n3cc(C(=O)NC4CC4)c(=O)c4cccnc43)c2)cc1. The van der Waals surface area contributed by atoms with Crippen molar-refractivity contribution in [2.24, 2.45) is 0 Å². The second kappa shape index (κ2) is 7.65. The Hall–Kier alpha value is -4.06. The molecule has 31 heavy (non-hydrogen) atoms. The number of nitrogens with one attached hydrogen (secondary N) is 1. The first-order valence-electron chi connectivity index (χ1n) is 10.1. The van der Waals surface area contributed by atoms with E-state index in [0.29, 0.717) is 16.6 Å². The van der Waals surface area contributed by atoms with Crippen LogP contribution in [0.5, 0.6) is 0 Å². The van der Waals surface area contributed by atoms with Crippen molar-refractivity contribution >= 4 is 23.2 Å². The van der Waals surface area contributed by atoms with E-state index < -0.39 is 0 Å². The van der Waals surface area contributed by atoms with E-state index in [2.05, 4.69) is 10.3 Å². The lowest BCUT2D eigenvalue weighted by atomic mass is 10.0. The maximum absolute atomic E-state index is 13.0. The molecule has 2 aromatic heterocycles. The highest BCUT2D eigenvalue weighted by Crippen LogP contribution is 2.24. The van der Waals surface area contributed by atoms with Gasteiger partial charge in [0.25, 0.3) is 5.91 Å². The zero-order valence-electron chi connectivity index (χ0n) is 16.6. The van der Waals surface area contributed by atoms with E-state index in [-0.39, 0.29) is 22.9 Å². The number of carbonyl (C=O) groups is 2. The number of pyridine rings is 2. The first kappa shape index (κ1) is 18.9. The average Bonchev–Trinajstić information content (AvgIpc) is 3.63. The molecular weight excluding hydrogens is 390 g/mol. The van der Waals surface area contributed by atoms with Crippen LogP contribution in [0.2, 0.25) is 0 Å². The third-order valence-corrected chi connectivity index (χ3v) is 5.42.